The Labute approximate surface area is 153 Å². The summed E-state index contributed by atoms with van der Waals surface area (Å²) < 4.78 is 10.5. The van der Waals surface area contributed by atoms with Gasteiger partial charge < -0.3 is 19.3 Å². The Balaban J connectivity index is 1.65. The Hall–Kier alpha value is -3.20. The maximum Gasteiger partial charge on any atom is 0.254 e. The summed E-state index contributed by atoms with van der Waals surface area (Å²) in [6.45, 7) is 2.80. The van der Waals surface area contributed by atoms with Gasteiger partial charge in [-0.3, -0.25) is 4.79 Å². The van der Waals surface area contributed by atoms with Crippen molar-refractivity contribution in [3.63, 3.8) is 0 Å². The van der Waals surface area contributed by atoms with Gasteiger partial charge in [-0.25, -0.2) is 0 Å². The van der Waals surface area contributed by atoms with Crippen molar-refractivity contribution in [2.24, 2.45) is 0 Å². The molecule has 2 aromatic carbocycles. The van der Waals surface area contributed by atoms with E-state index >= 15 is 0 Å². The van der Waals surface area contributed by atoms with E-state index in [2.05, 4.69) is 11.0 Å². The van der Waals surface area contributed by atoms with Crippen LogP contribution in [0.3, 0.4) is 0 Å². The standard InChI is InChI=1S/C20H21N3O3/c1-25-18-8-5-16(13-19(18)26-2)20(24)23-11-9-22(10-12-23)17-6-3-15(14-21)4-7-17/h3-8,13H,9-12H2,1-2H3. The third-order valence-corrected chi connectivity index (χ3v) is 4.56. The van der Waals surface area contributed by atoms with Gasteiger partial charge >= 0.3 is 0 Å². The average Bonchev–Trinajstić information content (AvgIpc) is 2.73. The van der Waals surface area contributed by atoms with Gasteiger partial charge in [-0.05, 0) is 42.5 Å². The van der Waals surface area contributed by atoms with Gasteiger partial charge in [0.25, 0.3) is 5.91 Å². The number of piperazine rings is 1. The molecular weight excluding hydrogens is 330 g/mol. The van der Waals surface area contributed by atoms with Gasteiger partial charge in [-0.15, -0.1) is 0 Å². The molecule has 0 N–H and O–H groups in total. The fourth-order valence-electron chi connectivity index (χ4n) is 3.07. The molecule has 26 heavy (non-hydrogen) atoms. The summed E-state index contributed by atoms with van der Waals surface area (Å²) in [7, 11) is 3.13. The van der Waals surface area contributed by atoms with Gasteiger partial charge in [0.05, 0.1) is 25.9 Å². The number of hydrogen-bond donors (Lipinski definition) is 0. The van der Waals surface area contributed by atoms with Crippen molar-refractivity contribution < 1.29 is 14.3 Å². The van der Waals surface area contributed by atoms with Crippen LogP contribution in [-0.4, -0.2) is 51.2 Å². The predicted octanol–water partition coefficient (Wildman–Crippen LogP) is 2.54. The van der Waals surface area contributed by atoms with Crippen LogP contribution < -0.4 is 14.4 Å². The highest BCUT2D eigenvalue weighted by molar-refractivity contribution is 5.95. The largest absolute Gasteiger partial charge is 0.493 e. The van der Waals surface area contributed by atoms with Crippen LogP contribution in [0.1, 0.15) is 15.9 Å². The van der Waals surface area contributed by atoms with Crippen molar-refractivity contribution in [2.45, 2.75) is 0 Å². The molecule has 1 fully saturated rings. The van der Waals surface area contributed by atoms with Crippen molar-refractivity contribution in [2.75, 3.05) is 45.3 Å². The molecule has 1 amide bonds. The second-order valence-electron chi connectivity index (χ2n) is 6.01. The molecule has 0 saturated carbocycles. The number of anilines is 1. The first-order valence-corrected chi connectivity index (χ1v) is 8.42. The van der Waals surface area contributed by atoms with Gasteiger partial charge in [0.2, 0.25) is 0 Å². The molecule has 0 atom stereocenters. The summed E-state index contributed by atoms with van der Waals surface area (Å²) in [5, 5.41) is 8.89. The minimum absolute atomic E-state index is 0.00886. The summed E-state index contributed by atoms with van der Waals surface area (Å²) in [4.78, 5) is 16.8. The molecule has 0 bridgehead atoms. The van der Waals surface area contributed by atoms with Gasteiger partial charge in [0, 0.05) is 37.4 Å². The first kappa shape index (κ1) is 17.6. The molecule has 0 radical (unpaired) electrons. The lowest BCUT2D eigenvalue weighted by Gasteiger charge is -2.36. The summed E-state index contributed by atoms with van der Waals surface area (Å²) in [6.07, 6.45) is 0. The fraction of sp³-hybridized carbons (Fsp3) is 0.300. The molecule has 134 valence electrons. The van der Waals surface area contributed by atoms with E-state index in [0.717, 1.165) is 18.8 Å². The molecule has 3 rings (SSSR count). The van der Waals surface area contributed by atoms with Crippen LogP contribution in [0.2, 0.25) is 0 Å². The SMILES string of the molecule is COc1ccc(C(=O)N2CCN(c3ccc(C#N)cc3)CC2)cc1OC. The molecule has 1 saturated heterocycles. The topological polar surface area (TPSA) is 65.8 Å². The number of nitriles is 1. The Kier molecular flexibility index (Phi) is 5.28. The zero-order valence-electron chi connectivity index (χ0n) is 14.9. The smallest absolute Gasteiger partial charge is 0.254 e. The highest BCUT2D eigenvalue weighted by atomic mass is 16.5. The van der Waals surface area contributed by atoms with E-state index in [1.54, 1.807) is 32.4 Å². The lowest BCUT2D eigenvalue weighted by Crippen LogP contribution is -2.48. The minimum Gasteiger partial charge on any atom is -0.493 e. The molecule has 0 spiro atoms. The third kappa shape index (κ3) is 3.57. The number of methoxy groups -OCH3 is 2. The van der Waals surface area contributed by atoms with E-state index < -0.39 is 0 Å². The van der Waals surface area contributed by atoms with E-state index in [1.165, 1.54) is 0 Å². The Bertz CT molecular complexity index is 819. The summed E-state index contributed by atoms with van der Waals surface area (Å²) >= 11 is 0. The van der Waals surface area contributed by atoms with Crippen LogP contribution >= 0.6 is 0 Å². The predicted molar refractivity (Wildman–Crippen MR) is 98.8 cm³/mol. The molecule has 2 aromatic rings. The van der Waals surface area contributed by atoms with Crippen LogP contribution in [0.5, 0.6) is 11.5 Å². The number of benzene rings is 2. The molecule has 0 aliphatic carbocycles. The molecule has 6 nitrogen and oxygen atoms in total. The first-order chi connectivity index (χ1) is 12.7. The second-order valence-corrected chi connectivity index (χ2v) is 6.01. The fourth-order valence-corrected chi connectivity index (χ4v) is 3.07. The second kappa shape index (κ2) is 7.79. The minimum atomic E-state index is -0.00886. The van der Waals surface area contributed by atoms with Crippen LogP contribution in [0, 0.1) is 11.3 Å². The maximum atomic E-state index is 12.8. The molecule has 1 heterocycles. The van der Waals surface area contributed by atoms with E-state index in [-0.39, 0.29) is 5.91 Å². The lowest BCUT2D eigenvalue weighted by molar-refractivity contribution is 0.0746. The van der Waals surface area contributed by atoms with Crippen LogP contribution in [-0.2, 0) is 0 Å². The highest BCUT2D eigenvalue weighted by Gasteiger charge is 2.23. The van der Waals surface area contributed by atoms with Gasteiger partial charge in [0.1, 0.15) is 0 Å². The number of carbonyl (C=O) groups is 1. The summed E-state index contributed by atoms with van der Waals surface area (Å²) in [5.41, 5.74) is 2.31. The van der Waals surface area contributed by atoms with Crippen molar-refractivity contribution in [1.82, 2.24) is 4.90 Å². The average molecular weight is 351 g/mol. The van der Waals surface area contributed by atoms with E-state index in [0.29, 0.717) is 35.7 Å². The maximum absolute atomic E-state index is 12.8. The van der Waals surface area contributed by atoms with Crippen molar-refractivity contribution in [3.05, 3.63) is 53.6 Å². The van der Waals surface area contributed by atoms with Gasteiger partial charge in [-0.2, -0.15) is 5.26 Å². The number of carbonyl (C=O) groups excluding carboxylic acids is 1. The number of rotatable bonds is 4. The monoisotopic (exact) mass is 351 g/mol. The van der Waals surface area contributed by atoms with Crippen molar-refractivity contribution >= 4 is 11.6 Å². The molecular formula is C20H21N3O3. The van der Waals surface area contributed by atoms with E-state index in [1.807, 2.05) is 29.2 Å². The Morgan fingerprint density at radius 1 is 0.962 bits per heavy atom. The molecule has 6 heteroatoms. The highest BCUT2D eigenvalue weighted by Crippen LogP contribution is 2.28. The first-order valence-electron chi connectivity index (χ1n) is 8.42. The molecule has 1 aliphatic rings. The number of amides is 1. The normalized spacial score (nSPS) is 13.9. The van der Waals surface area contributed by atoms with Crippen LogP contribution in [0.15, 0.2) is 42.5 Å². The van der Waals surface area contributed by atoms with Crippen LogP contribution in [0.4, 0.5) is 5.69 Å². The Morgan fingerprint density at radius 2 is 1.62 bits per heavy atom. The van der Waals surface area contributed by atoms with Gasteiger partial charge in [0.15, 0.2) is 11.5 Å². The molecule has 1 aliphatic heterocycles. The zero-order chi connectivity index (χ0) is 18.5. The number of nitrogens with zero attached hydrogens (tertiary/aromatic N) is 3. The zero-order valence-corrected chi connectivity index (χ0v) is 14.9. The van der Waals surface area contributed by atoms with E-state index in [9.17, 15) is 4.79 Å². The van der Waals surface area contributed by atoms with E-state index in [4.69, 9.17) is 14.7 Å². The van der Waals surface area contributed by atoms with Crippen LogP contribution in [0.25, 0.3) is 0 Å². The van der Waals surface area contributed by atoms with Crippen molar-refractivity contribution in [3.8, 4) is 17.6 Å². The summed E-state index contributed by atoms with van der Waals surface area (Å²) in [6, 6.07) is 14.9. The third-order valence-electron chi connectivity index (χ3n) is 4.56. The van der Waals surface area contributed by atoms with Gasteiger partial charge in [-0.1, -0.05) is 0 Å². The number of ether oxygens (including phenoxy) is 2. The summed E-state index contributed by atoms with van der Waals surface area (Å²) in [5.74, 6) is 1.15. The molecule has 0 unspecified atom stereocenters. The quantitative estimate of drug-likeness (QED) is 0.847. The molecule has 0 aromatic heterocycles. The number of hydrogen-bond acceptors (Lipinski definition) is 5. The van der Waals surface area contributed by atoms with Crippen molar-refractivity contribution in [1.29, 1.82) is 5.26 Å². The lowest BCUT2D eigenvalue weighted by atomic mass is 10.1. The Morgan fingerprint density at radius 3 is 2.19 bits per heavy atom.